The second-order valence-electron chi connectivity index (χ2n) is 3.68. The number of hydrogen-bond acceptors (Lipinski definition) is 1. The summed E-state index contributed by atoms with van der Waals surface area (Å²) >= 11 is 2.25. The molecular formula is C9H17F3IN. The van der Waals surface area contributed by atoms with E-state index in [1.807, 2.05) is 0 Å². The quantitative estimate of drug-likeness (QED) is 0.449. The van der Waals surface area contributed by atoms with Crippen LogP contribution in [0.25, 0.3) is 0 Å². The molecule has 0 saturated heterocycles. The molecule has 0 aliphatic rings. The molecular weight excluding hydrogens is 306 g/mol. The first-order valence-corrected chi connectivity index (χ1v) is 6.25. The van der Waals surface area contributed by atoms with Crippen molar-refractivity contribution in [2.24, 2.45) is 5.92 Å². The molecule has 0 fully saturated rings. The van der Waals surface area contributed by atoms with Crippen LogP contribution in [0.15, 0.2) is 0 Å². The number of nitrogens with one attached hydrogen (secondary N) is 1. The summed E-state index contributed by atoms with van der Waals surface area (Å²) < 4.78 is 36.3. The van der Waals surface area contributed by atoms with Gasteiger partial charge in [0.05, 0.1) is 0 Å². The first kappa shape index (κ1) is 14.5. The van der Waals surface area contributed by atoms with Crippen molar-refractivity contribution in [3.63, 3.8) is 0 Å². The minimum atomic E-state index is -4.01. The highest BCUT2D eigenvalue weighted by Crippen LogP contribution is 2.20. The van der Waals surface area contributed by atoms with Crippen molar-refractivity contribution in [2.75, 3.05) is 11.0 Å². The Hall–Kier alpha value is 0.480. The van der Waals surface area contributed by atoms with Crippen LogP contribution in [-0.2, 0) is 0 Å². The number of alkyl halides is 4. The minimum absolute atomic E-state index is 0.170. The van der Waals surface area contributed by atoms with Gasteiger partial charge in [-0.3, -0.25) is 0 Å². The van der Waals surface area contributed by atoms with Crippen molar-refractivity contribution in [3.05, 3.63) is 0 Å². The molecule has 1 atom stereocenters. The number of hydrogen-bond donors (Lipinski definition) is 1. The van der Waals surface area contributed by atoms with Crippen LogP contribution in [0.3, 0.4) is 0 Å². The average molecular weight is 323 g/mol. The molecule has 0 spiro atoms. The van der Waals surface area contributed by atoms with Crippen LogP contribution in [0.5, 0.6) is 0 Å². The molecule has 1 N–H and O–H groups in total. The van der Waals surface area contributed by atoms with Crippen LogP contribution >= 0.6 is 22.6 Å². The van der Waals surface area contributed by atoms with Gasteiger partial charge in [-0.15, -0.1) is 0 Å². The maximum atomic E-state index is 11.8. The van der Waals surface area contributed by atoms with Gasteiger partial charge in [-0.1, -0.05) is 36.4 Å². The maximum absolute atomic E-state index is 11.8. The molecule has 5 heteroatoms. The van der Waals surface area contributed by atoms with E-state index in [-0.39, 0.29) is 6.42 Å². The molecule has 0 amide bonds. The van der Waals surface area contributed by atoms with Gasteiger partial charge in [-0.2, -0.15) is 13.2 Å². The molecule has 86 valence electrons. The molecule has 0 bridgehead atoms. The summed E-state index contributed by atoms with van der Waals surface area (Å²) in [4.78, 5) is 0. The first-order valence-electron chi connectivity index (χ1n) is 4.73. The first-order chi connectivity index (χ1) is 6.37. The zero-order chi connectivity index (χ0) is 11.2. The zero-order valence-electron chi connectivity index (χ0n) is 8.49. The molecule has 14 heavy (non-hydrogen) atoms. The number of rotatable bonds is 6. The van der Waals surface area contributed by atoms with Gasteiger partial charge in [0, 0.05) is 16.9 Å². The lowest BCUT2D eigenvalue weighted by atomic mass is 10.1. The Morgan fingerprint density at radius 1 is 1.29 bits per heavy atom. The second kappa shape index (κ2) is 6.87. The van der Waals surface area contributed by atoms with Gasteiger partial charge in [0.2, 0.25) is 0 Å². The van der Waals surface area contributed by atoms with E-state index in [0.29, 0.717) is 18.5 Å². The zero-order valence-corrected chi connectivity index (χ0v) is 10.7. The topological polar surface area (TPSA) is 12.0 Å². The molecule has 0 saturated carbocycles. The van der Waals surface area contributed by atoms with Gasteiger partial charge in [-0.25, -0.2) is 0 Å². The molecule has 0 aliphatic carbocycles. The average Bonchev–Trinajstić information content (AvgIpc) is 2.01. The standard InChI is InChI=1S/C9H17F3IN/c1-7(2)8(6-13)14-5-3-4-9(10,11)12/h7-8,14H,3-6H2,1-2H3. The van der Waals surface area contributed by atoms with Crippen molar-refractivity contribution in [3.8, 4) is 0 Å². The maximum Gasteiger partial charge on any atom is 0.389 e. The van der Waals surface area contributed by atoms with Crippen LogP contribution in [0.2, 0.25) is 0 Å². The molecule has 1 unspecified atom stereocenters. The second-order valence-corrected chi connectivity index (χ2v) is 4.56. The van der Waals surface area contributed by atoms with Crippen LogP contribution in [0.1, 0.15) is 26.7 Å². The lowest BCUT2D eigenvalue weighted by Gasteiger charge is -2.20. The third kappa shape index (κ3) is 7.84. The van der Waals surface area contributed by atoms with Gasteiger partial charge < -0.3 is 5.32 Å². The van der Waals surface area contributed by atoms with E-state index in [4.69, 9.17) is 0 Å². The van der Waals surface area contributed by atoms with Gasteiger partial charge in [0.1, 0.15) is 0 Å². The number of halogens is 4. The van der Waals surface area contributed by atoms with Gasteiger partial charge >= 0.3 is 6.18 Å². The predicted octanol–water partition coefficient (Wildman–Crippen LogP) is 3.38. The lowest BCUT2D eigenvalue weighted by molar-refractivity contribution is -0.135. The summed E-state index contributed by atoms with van der Waals surface area (Å²) in [5, 5.41) is 3.13. The summed E-state index contributed by atoms with van der Waals surface area (Å²) in [5.74, 6) is 0.470. The monoisotopic (exact) mass is 323 g/mol. The predicted molar refractivity (Wildman–Crippen MR) is 60.8 cm³/mol. The third-order valence-corrected chi connectivity index (χ3v) is 2.96. The van der Waals surface area contributed by atoms with Gasteiger partial charge in [0.25, 0.3) is 0 Å². The van der Waals surface area contributed by atoms with Gasteiger partial charge in [0.15, 0.2) is 0 Å². The van der Waals surface area contributed by atoms with E-state index in [1.165, 1.54) is 0 Å². The fraction of sp³-hybridized carbons (Fsp3) is 1.00. The molecule has 0 aromatic rings. The third-order valence-electron chi connectivity index (χ3n) is 2.01. The smallest absolute Gasteiger partial charge is 0.313 e. The van der Waals surface area contributed by atoms with Crippen LogP contribution < -0.4 is 5.32 Å². The summed E-state index contributed by atoms with van der Waals surface area (Å²) in [7, 11) is 0. The minimum Gasteiger partial charge on any atom is -0.313 e. The highest BCUT2D eigenvalue weighted by Gasteiger charge is 2.26. The fourth-order valence-electron chi connectivity index (χ4n) is 1.04. The van der Waals surface area contributed by atoms with Crippen molar-refractivity contribution < 1.29 is 13.2 Å². The fourth-order valence-corrected chi connectivity index (χ4v) is 2.37. The summed E-state index contributed by atoms with van der Waals surface area (Å²) in [5.41, 5.74) is 0. The van der Waals surface area contributed by atoms with Crippen LogP contribution in [0, 0.1) is 5.92 Å². The summed E-state index contributed by atoms with van der Waals surface area (Å²) in [6.45, 7) is 4.59. The molecule has 0 aliphatic heterocycles. The van der Waals surface area contributed by atoms with E-state index in [0.717, 1.165) is 4.43 Å². The van der Waals surface area contributed by atoms with E-state index < -0.39 is 12.6 Å². The Balaban J connectivity index is 3.52. The van der Waals surface area contributed by atoms with Gasteiger partial charge in [-0.05, 0) is 18.9 Å². The lowest BCUT2D eigenvalue weighted by Crippen LogP contribution is -2.36. The molecule has 1 nitrogen and oxygen atoms in total. The Kier molecular flexibility index (Phi) is 7.11. The van der Waals surface area contributed by atoms with Crippen molar-refractivity contribution in [1.82, 2.24) is 5.32 Å². The highest BCUT2D eigenvalue weighted by atomic mass is 127. The molecule has 0 radical (unpaired) electrons. The highest BCUT2D eigenvalue weighted by molar-refractivity contribution is 14.1. The molecule has 0 aromatic carbocycles. The van der Waals surface area contributed by atoms with E-state index in [1.54, 1.807) is 0 Å². The Labute approximate surface area is 97.0 Å². The van der Waals surface area contributed by atoms with E-state index in [9.17, 15) is 13.2 Å². The normalized spacial score (nSPS) is 14.8. The molecule has 0 heterocycles. The molecule has 0 rings (SSSR count). The van der Waals surface area contributed by atoms with Crippen LogP contribution in [0.4, 0.5) is 13.2 Å². The Bertz CT molecular complexity index is 147. The van der Waals surface area contributed by atoms with Crippen molar-refractivity contribution in [1.29, 1.82) is 0 Å². The van der Waals surface area contributed by atoms with Crippen molar-refractivity contribution in [2.45, 2.75) is 38.9 Å². The van der Waals surface area contributed by atoms with E-state index >= 15 is 0 Å². The summed E-state index contributed by atoms with van der Waals surface area (Å²) in [6.07, 6.45) is -4.53. The Morgan fingerprint density at radius 2 is 1.86 bits per heavy atom. The van der Waals surface area contributed by atoms with Crippen molar-refractivity contribution >= 4 is 22.6 Å². The molecule has 0 aromatic heterocycles. The van der Waals surface area contributed by atoms with Crippen LogP contribution in [-0.4, -0.2) is 23.2 Å². The largest absolute Gasteiger partial charge is 0.389 e. The van der Waals surface area contributed by atoms with E-state index in [2.05, 4.69) is 41.8 Å². The Morgan fingerprint density at radius 3 is 2.21 bits per heavy atom. The summed E-state index contributed by atoms with van der Waals surface area (Å²) in [6, 6.07) is 0.323. The SMILES string of the molecule is CC(C)C(CI)NCCCC(F)(F)F.